The van der Waals surface area contributed by atoms with Gasteiger partial charge in [0.1, 0.15) is 17.4 Å². The minimum absolute atomic E-state index is 0.0867. The molecule has 0 aliphatic carbocycles. The second-order valence-electron chi connectivity index (χ2n) is 5.98. The van der Waals surface area contributed by atoms with Crippen molar-refractivity contribution in [2.45, 2.75) is 0 Å². The zero-order valence-electron chi connectivity index (χ0n) is 13.7. The van der Waals surface area contributed by atoms with Crippen LogP contribution in [0.1, 0.15) is 11.1 Å². The quantitative estimate of drug-likeness (QED) is 0.875. The van der Waals surface area contributed by atoms with Gasteiger partial charge in [-0.05, 0) is 12.2 Å². The highest BCUT2D eigenvalue weighted by molar-refractivity contribution is 6.22. The molecule has 2 aliphatic rings. The third kappa shape index (κ3) is 2.57. The van der Waals surface area contributed by atoms with E-state index in [1.165, 1.54) is 0 Å². The van der Waals surface area contributed by atoms with Crippen LogP contribution in [0.25, 0.3) is 11.5 Å². The number of benzene rings is 2. The van der Waals surface area contributed by atoms with Gasteiger partial charge in [0, 0.05) is 11.1 Å². The van der Waals surface area contributed by atoms with Crippen molar-refractivity contribution in [3.8, 4) is 0 Å². The van der Waals surface area contributed by atoms with Gasteiger partial charge < -0.3 is 10.5 Å². The van der Waals surface area contributed by atoms with E-state index in [4.69, 9.17) is 10.5 Å². The highest BCUT2D eigenvalue weighted by Crippen LogP contribution is 2.39. The molecular weight excluding hydrogens is 330 g/mol. The maximum Gasteiger partial charge on any atom is 0.349 e. The molecule has 0 saturated heterocycles. The van der Waals surface area contributed by atoms with Crippen LogP contribution < -0.4 is 11.1 Å². The number of hydrogen-bond acceptors (Lipinski definition) is 4. The molecule has 0 bridgehead atoms. The fraction of sp³-hybridized carbons (Fsp3) is 0.0500. The Morgan fingerprint density at radius 1 is 0.846 bits per heavy atom. The van der Waals surface area contributed by atoms with E-state index >= 15 is 0 Å². The molecule has 2 aromatic carbocycles. The summed E-state index contributed by atoms with van der Waals surface area (Å²) in [7, 11) is 0. The van der Waals surface area contributed by atoms with Gasteiger partial charge in [-0.3, -0.25) is 10.1 Å². The standard InChI is InChI=1S/C20H15N3O3/c21-17-20(18(24)23-19(25)22-17)11-15(13-7-3-1-4-8-13)26-16(12-20)14-9-5-2-6-10-14/h1-12H,(H3,21,22,23,24,25). The van der Waals surface area contributed by atoms with Gasteiger partial charge in [0.05, 0.1) is 0 Å². The third-order valence-corrected chi connectivity index (χ3v) is 4.30. The average molecular weight is 345 g/mol. The van der Waals surface area contributed by atoms with Gasteiger partial charge in [0.15, 0.2) is 5.41 Å². The predicted molar refractivity (Wildman–Crippen MR) is 97.5 cm³/mol. The maximum atomic E-state index is 12.7. The second-order valence-corrected chi connectivity index (χ2v) is 5.98. The Kier molecular flexibility index (Phi) is 3.65. The van der Waals surface area contributed by atoms with Crippen LogP contribution in [-0.2, 0) is 9.53 Å². The van der Waals surface area contributed by atoms with Gasteiger partial charge in [-0.2, -0.15) is 4.99 Å². The second kappa shape index (κ2) is 6.00. The maximum absolute atomic E-state index is 12.7. The minimum Gasteiger partial charge on any atom is -0.457 e. The van der Waals surface area contributed by atoms with Crippen molar-refractivity contribution in [2.24, 2.45) is 16.1 Å². The number of carbonyl (C=O) groups is 2. The van der Waals surface area contributed by atoms with Gasteiger partial charge in [-0.1, -0.05) is 60.7 Å². The molecule has 26 heavy (non-hydrogen) atoms. The van der Waals surface area contributed by atoms with Gasteiger partial charge in [0.2, 0.25) is 5.91 Å². The first-order valence-corrected chi connectivity index (χ1v) is 8.03. The molecule has 3 amide bonds. The fourth-order valence-corrected chi connectivity index (χ4v) is 2.95. The van der Waals surface area contributed by atoms with Crippen molar-refractivity contribution in [3.05, 3.63) is 83.9 Å². The lowest BCUT2D eigenvalue weighted by Crippen LogP contribution is -2.54. The van der Waals surface area contributed by atoms with Crippen molar-refractivity contribution in [3.63, 3.8) is 0 Å². The molecule has 2 aliphatic heterocycles. The van der Waals surface area contributed by atoms with Crippen LogP contribution >= 0.6 is 0 Å². The highest BCUT2D eigenvalue weighted by atomic mass is 16.5. The Labute approximate surface area is 149 Å². The largest absolute Gasteiger partial charge is 0.457 e. The summed E-state index contributed by atoms with van der Waals surface area (Å²) in [4.78, 5) is 28.0. The van der Waals surface area contributed by atoms with E-state index in [0.29, 0.717) is 11.5 Å². The smallest absolute Gasteiger partial charge is 0.349 e. The summed E-state index contributed by atoms with van der Waals surface area (Å²) in [6.45, 7) is 0. The molecule has 2 heterocycles. The third-order valence-electron chi connectivity index (χ3n) is 4.30. The van der Waals surface area contributed by atoms with E-state index < -0.39 is 17.4 Å². The van der Waals surface area contributed by atoms with Crippen molar-refractivity contribution < 1.29 is 14.3 Å². The molecular formula is C20H15N3O3. The normalized spacial score (nSPS) is 18.4. The lowest BCUT2D eigenvalue weighted by atomic mass is 9.80. The molecule has 4 rings (SSSR count). The van der Waals surface area contributed by atoms with Gasteiger partial charge in [0.25, 0.3) is 0 Å². The summed E-state index contributed by atoms with van der Waals surface area (Å²) in [6.07, 6.45) is 3.19. The van der Waals surface area contributed by atoms with E-state index in [2.05, 4.69) is 10.3 Å². The number of rotatable bonds is 2. The molecule has 128 valence electrons. The van der Waals surface area contributed by atoms with E-state index in [1.54, 1.807) is 12.2 Å². The first-order valence-electron chi connectivity index (χ1n) is 8.03. The molecule has 0 radical (unpaired) electrons. The number of amidine groups is 1. The number of carbonyl (C=O) groups excluding carboxylic acids is 2. The topological polar surface area (TPSA) is 93.8 Å². The molecule has 1 spiro atoms. The molecule has 0 unspecified atom stereocenters. The number of urea groups is 1. The van der Waals surface area contributed by atoms with Crippen LogP contribution in [0.2, 0.25) is 0 Å². The predicted octanol–water partition coefficient (Wildman–Crippen LogP) is 2.69. The Hall–Kier alpha value is -3.67. The number of nitrogens with zero attached hydrogens (tertiary/aromatic N) is 1. The Balaban J connectivity index is 1.92. The lowest BCUT2D eigenvalue weighted by Gasteiger charge is -2.33. The zero-order valence-corrected chi connectivity index (χ0v) is 13.7. The summed E-state index contributed by atoms with van der Waals surface area (Å²) in [5.74, 6) is 0.292. The van der Waals surface area contributed by atoms with Crippen LogP contribution in [0.15, 0.2) is 77.8 Å². The SMILES string of the molecule is NC1=NC(=O)NC(=O)C12C=C(c1ccccc1)OC(c1ccccc1)=C2. The average Bonchev–Trinajstić information content (AvgIpc) is 2.67. The van der Waals surface area contributed by atoms with Gasteiger partial charge in [-0.15, -0.1) is 0 Å². The van der Waals surface area contributed by atoms with E-state index in [9.17, 15) is 9.59 Å². The molecule has 0 aromatic heterocycles. The number of aliphatic imine (C=N–C) groups is 1. The molecule has 3 N–H and O–H groups in total. The Morgan fingerprint density at radius 2 is 1.35 bits per heavy atom. The highest BCUT2D eigenvalue weighted by Gasteiger charge is 2.46. The van der Waals surface area contributed by atoms with Crippen molar-refractivity contribution in [2.75, 3.05) is 0 Å². The Bertz CT molecular complexity index is 920. The van der Waals surface area contributed by atoms with Crippen LogP contribution in [0, 0.1) is 5.41 Å². The summed E-state index contributed by atoms with van der Waals surface area (Å²) < 4.78 is 6.06. The monoisotopic (exact) mass is 345 g/mol. The first-order chi connectivity index (χ1) is 12.6. The van der Waals surface area contributed by atoms with Crippen LogP contribution in [-0.4, -0.2) is 17.8 Å². The Morgan fingerprint density at radius 3 is 1.81 bits per heavy atom. The van der Waals surface area contributed by atoms with Crippen molar-refractivity contribution in [1.82, 2.24) is 5.32 Å². The van der Waals surface area contributed by atoms with Gasteiger partial charge in [-0.25, -0.2) is 4.79 Å². The number of amides is 3. The summed E-state index contributed by atoms with van der Waals surface area (Å²) in [5.41, 5.74) is 6.21. The van der Waals surface area contributed by atoms with Crippen LogP contribution in [0.3, 0.4) is 0 Å². The molecule has 2 aromatic rings. The van der Waals surface area contributed by atoms with Crippen molar-refractivity contribution >= 4 is 29.3 Å². The van der Waals surface area contributed by atoms with E-state index in [-0.39, 0.29) is 5.84 Å². The molecule has 0 saturated carbocycles. The fourth-order valence-electron chi connectivity index (χ4n) is 2.95. The van der Waals surface area contributed by atoms with E-state index in [0.717, 1.165) is 11.1 Å². The zero-order chi connectivity index (χ0) is 18.1. The molecule has 0 fully saturated rings. The summed E-state index contributed by atoms with van der Waals surface area (Å²) in [5, 5.41) is 2.22. The molecule has 0 atom stereocenters. The van der Waals surface area contributed by atoms with Crippen molar-refractivity contribution in [1.29, 1.82) is 0 Å². The minimum atomic E-state index is -1.39. The number of nitrogens with two attached hydrogens (primary N) is 1. The van der Waals surface area contributed by atoms with E-state index in [1.807, 2.05) is 60.7 Å². The number of nitrogens with one attached hydrogen (secondary N) is 1. The number of imide groups is 1. The number of ether oxygens (including phenoxy) is 1. The number of hydrogen-bond donors (Lipinski definition) is 2. The van der Waals surface area contributed by atoms with Gasteiger partial charge >= 0.3 is 6.03 Å². The van der Waals surface area contributed by atoms with Crippen LogP contribution in [0.4, 0.5) is 4.79 Å². The molecule has 6 nitrogen and oxygen atoms in total. The first kappa shape index (κ1) is 15.8. The summed E-state index contributed by atoms with van der Waals surface area (Å²) in [6, 6.07) is 18.0. The lowest BCUT2D eigenvalue weighted by molar-refractivity contribution is -0.123. The van der Waals surface area contributed by atoms with Crippen LogP contribution in [0.5, 0.6) is 0 Å². The molecule has 6 heteroatoms. The summed E-state index contributed by atoms with van der Waals surface area (Å²) >= 11 is 0.